The Balaban J connectivity index is 2.30. The first-order chi connectivity index (χ1) is 8.68. The van der Waals surface area contributed by atoms with Crippen molar-refractivity contribution >= 4 is 0 Å². The summed E-state index contributed by atoms with van der Waals surface area (Å²) in [5, 5.41) is 10.7. The molecule has 0 aromatic heterocycles. The maximum atomic E-state index is 10.7. The second-order valence-electron chi connectivity index (χ2n) is 3.73. The molecule has 0 amide bonds. The summed E-state index contributed by atoms with van der Waals surface area (Å²) in [5.41, 5.74) is 7.17. The number of benzene rings is 1. The van der Waals surface area contributed by atoms with Crippen LogP contribution in [-0.2, 0) is 0 Å². The highest BCUT2D eigenvalue weighted by Crippen LogP contribution is 2.20. The largest absolute Gasteiger partial charge is 0.392 e. The van der Waals surface area contributed by atoms with Crippen LogP contribution in [0.25, 0.3) is 0 Å². The molecule has 4 nitrogen and oxygen atoms in total. The van der Waals surface area contributed by atoms with Gasteiger partial charge in [0.1, 0.15) is 5.70 Å². The van der Waals surface area contributed by atoms with Gasteiger partial charge in [0.25, 0.3) is 5.70 Å². The first-order valence-corrected chi connectivity index (χ1v) is 5.43. The van der Waals surface area contributed by atoms with Gasteiger partial charge in [0.15, 0.2) is 0 Å². The molecule has 4 heteroatoms. The lowest BCUT2D eigenvalue weighted by Gasteiger charge is -2.08. The standard InChI is InChI=1S/C14H11N2O2/c15-14-12(7-4-8-13(14)16(17)18)10-9-11-5-2-1-3-6-11/h1-3,5-8H,4,15H2. The highest BCUT2D eigenvalue weighted by Gasteiger charge is 2.21. The molecule has 0 aliphatic heterocycles. The molecule has 1 radical (unpaired) electrons. The number of nitro groups is 1. The molecule has 2 rings (SSSR count). The predicted octanol–water partition coefficient (Wildman–Crippen LogP) is 2.02. The fraction of sp³-hybridized carbons (Fsp3) is 0.0714. The molecular weight excluding hydrogens is 228 g/mol. The van der Waals surface area contributed by atoms with Gasteiger partial charge in [0.2, 0.25) is 0 Å². The SMILES string of the molecule is NC1=C(C#Cc2ccccc2)[CH]CC=C1[N+](=O)[O-]. The Morgan fingerprint density at radius 2 is 1.94 bits per heavy atom. The molecule has 1 aromatic carbocycles. The van der Waals surface area contributed by atoms with E-state index in [0.717, 1.165) is 5.56 Å². The zero-order valence-corrected chi connectivity index (χ0v) is 9.59. The summed E-state index contributed by atoms with van der Waals surface area (Å²) < 4.78 is 0. The van der Waals surface area contributed by atoms with Crippen molar-refractivity contribution in [1.82, 2.24) is 0 Å². The number of hydrogen-bond acceptors (Lipinski definition) is 3. The molecular formula is C14H11N2O2. The average Bonchev–Trinajstić information content (AvgIpc) is 2.38. The number of nitrogens with zero attached hydrogens (tertiary/aromatic N) is 1. The van der Waals surface area contributed by atoms with Gasteiger partial charge in [0.05, 0.1) is 4.92 Å². The van der Waals surface area contributed by atoms with Crippen LogP contribution in [-0.4, -0.2) is 4.92 Å². The quantitative estimate of drug-likeness (QED) is 0.463. The van der Waals surface area contributed by atoms with Gasteiger partial charge in [-0.1, -0.05) is 30.0 Å². The van der Waals surface area contributed by atoms with Crippen LogP contribution in [0.3, 0.4) is 0 Å². The minimum Gasteiger partial charge on any atom is -0.392 e. The topological polar surface area (TPSA) is 69.2 Å². The molecule has 89 valence electrons. The van der Waals surface area contributed by atoms with Crippen LogP contribution in [0.5, 0.6) is 0 Å². The van der Waals surface area contributed by atoms with Crippen LogP contribution in [0.4, 0.5) is 0 Å². The number of rotatable bonds is 1. The van der Waals surface area contributed by atoms with Crippen molar-refractivity contribution in [1.29, 1.82) is 0 Å². The molecule has 0 fully saturated rings. The van der Waals surface area contributed by atoms with Crippen LogP contribution in [0.1, 0.15) is 12.0 Å². The Morgan fingerprint density at radius 1 is 1.22 bits per heavy atom. The van der Waals surface area contributed by atoms with E-state index in [1.165, 1.54) is 6.08 Å². The molecule has 18 heavy (non-hydrogen) atoms. The minimum atomic E-state index is -0.480. The van der Waals surface area contributed by atoms with Gasteiger partial charge in [0, 0.05) is 17.6 Å². The number of allylic oxidation sites excluding steroid dienone is 2. The van der Waals surface area contributed by atoms with Crippen molar-refractivity contribution in [3.8, 4) is 11.8 Å². The highest BCUT2D eigenvalue weighted by atomic mass is 16.6. The van der Waals surface area contributed by atoms with Gasteiger partial charge in [-0.25, -0.2) is 0 Å². The van der Waals surface area contributed by atoms with E-state index in [-0.39, 0.29) is 11.4 Å². The number of hydrogen-bond donors (Lipinski definition) is 1. The normalized spacial score (nSPS) is 14.6. The first-order valence-electron chi connectivity index (χ1n) is 5.43. The van der Waals surface area contributed by atoms with E-state index in [4.69, 9.17) is 5.73 Å². The lowest BCUT2D eigenvalue weighted by molar-refractivity contribution is -0.421. The summed E-state index contributed by atoms with van der Waals surface area (Å²) in [6.07, 6.45) is 3.76. The zero-order valence-electron chi connectivity index (χ0n) is 9.59. The lowest BCUT2D eigenvalue weighted by atomic mass is 10.0. The van der Waals surface area contributed by atoms with Crippen LogP contribution < -0.4 is 5.73 Å². The lowest BCUT2D eigenvalue weighted by Crippen LogP contribution is -2.15. The molecule has 0 unspecified atom stereocenters. The Bertz CT molecular complexity index is 589. The fourth-order valence-electron chi connectivity index (χ4n) is 1.60. The highest BCUT2D eigenvalue weighted by molar-refractivity contribution is 5.50. The van der Waals surface area contributed by atoms with Gasteiger partial charge in [-0.15, -0.1) is 0 Å². The van der Waals surface area contributed by atoms with Crippen molar-refractivity contribution in [3.63, 3.8) is 0 Å². The molecule has 2 N–H and O–H groups in total. The Kier molecular flexibility index (Phi) is 3.44. The van der Waals surface area contributed by atoms with E-state index >= 15 is 0 Å². The maximum absolute atomic E-state index is 10.7. The van der Waals surface area contributed by atoms with E-state index in [0.29, 0.717) is 12.0 Å². The molecule has 1 aliphatic rings. The smallest absolute Gasteiger partial charge is 0.289 e. The molecule has 0 bridgehead atoms. The van der Waals surface area contributed by atoms with Crippen molar-refractivity contribution < 1.29 is 4.92 Å². The third kappa shape index (κ3) is 2.58. The van der Waals surface area contributed by atoms with Crippen LogP contribution in [0, 0.1) is 28.4 Å². The number of nitrogens with two attached hydrogens (primary N) is 1. The van der Waals surface area contributed by atoms with Crippen molar-refractivity contribution in [3.05, 3.63) is 75.5 Å². The summed E-state index contributed by atoms with van der Waals surface area (Å²) in [6, 6.07) is 9.41. The van der Waals surface area contributed by atoms with E-state index in [9.17, 15) is 10.1 Å². The Hall–Kier alpha value is -2.54. The first kappa shape index (κ1) is 11.9. The van der Waals surface area contributed by atoms with E-state index in [1.807, 2.05) is 30.3 Å². The van der Waals surface area contributed by atoms with Crippen LogP contribution in [0.2, 0.25) is 0 Å². The summed E-state index contributed by atoms with van der Waals surface area (Å²) in [4.78, 5) is 10.3. The summed E-state index contributed by atoms with van der Waals surface area (Å²) in [5.74, 6) is 5.81. The van der Waals surface area contributed by atoms with Crippen molar-refractivity contribution in [2.45, 2.75) is 6.42 Å². The van der Waals surface area contributed by atoms with Gasteiger partial charge in [-0.2, -0.15) is 0 Å². The second-order valence-corrected chi connectivity index (χ2v) is 3.73. The Labute approximate surface area is 105 Å². The molecule has 1 aromatic rings. The van der Waals surface area contributed by atoms with E-state index in [2.05, 4.69) is 11.8 Å². The molecule has 0 spiro atoms. The summed E-state index contributed by atoms with van der Waals surface area (Å²) in [6.45, 7) is 0. The third-order valence-electron chi connectivity index (χ3n) is 2.51. The summed E-state index contributed by atoms with van der Waals surface area (Å²) in [7, 11) is 0. The van der Waals surface area contributed by atoms with E-state index < -0.39 is 4.92 Å². The van der Waals surface area contributed by atoms with E-state index in [1.54, 1.807) is 6.42 Å². The van der Waals surface area contributed by atoms with Gasteiger partial charge in [-0.3, -0.25) is 10.1 Å². The zero-order chi connectivity index (χ0) is 13.0. The Morgan fingerprint density at radius 3 is 2.61 bits per heavy atom. The van der Waals surface area contributed by atoms with Crippen LogP contribution >= 0.6 is 0 Å². The average molecular weight is 239 g/mol. The summed E-state index contributed by atoms with van der Waals surface area (Å²) >= 11 is 0. The molecule has 0 atom stereocenters. The van der Waals surface area contributed by atoms with Gasteiger partial charge < -0.3 is 5.73 Å². The fourth-order valence-corrected chi connectivity index (χ4v) is 1.60. The predicted molar refractivity (Wildman–Crippen MR) is 68.5 cm³/mol. The third-order valence-corrected chi connectivity index (χ3v) is 2.51. The monoisotopic (exact) mass is 239 g/mol. The minimum absolute atomic E-state index is 0.0603. The van der Waals surface area contributed by atoms with Crippen molar-refractivity contribution in [2.24, 2.45) is 5.73 Å². The molecule has 1 aliphatic carbocycles. The molecule has 0 saturated carbocycles. The van der Waals surface area contributed by atoms with Crippen LogP contribution in [0.15, 0.2) is 53.4 Å². The second kappa shape index (κ2) is 5.19. The van der Waals surface area contributed by atoms with Gasteiger partial charge >= 0.3 is 0 Å². The van der Waals surface area contributed by atoms with Gasteiger partial charge in [-0.05, 0) is 24.6 Å². The van der Waals surface area contributed by atoms with Crippen molar-refractivity contribution in [2.75, 3.05) is 0 Å². The molecule has 0 heterocycles. The molecule has 0 saturated heterocycles. The maximum Gasteiger partial charge on any atom is 0.289 e.